The summed E-state index contributed by atoms with van der Waals surface area (Å²) in [6.07, 6.45) is 0.278. The maximum Gasteiger partial charge on any atom is 0.202 e. The first kappa shape index (κ1) is 35.1. The first-order valence-electron chi connectivity index (χ1n) is 16.9. The Morgan fingerprint density at radius 3 is 1.67 bits per heavy atom. The van der Waals surface area contributed by atoms with E-state index in [1.165, 1.54) is 26.7 Å². The summed E-state index contributed by atoms with van der Waals surface area (Å²) in [5.41, 5.74) is 12.2. The van der Waals surface area contributed by atoms with E-state index in [0.717, 1.165) is 56.3 Å². The Labute approximate surface area is 303 Å². The van der Waals surface area contributed by atoms with Crippen LogP contribution in [0.3, 0.4) is 0 Å². The molecule has 0 spiro atoms. The molecule has 49 heavy (non-hydrogen) atoms. The van der Waals surface area contributed by atoms with Crippen LogP contribution in [0.4, 0.5) is 0 Å². The van der Waals surface area contributed by atoms with Gasteiger partial charge in [0, 0.05) is 21.9 Å². The Bertz CT molecular complexity index is 2030. The maximum absolute atomic E-state index is 6.03. The van der Waals surface area contributed by atoms with Gasteiger partial charge in [-0.15, -0.1) is 0 Å². The fraction of sp³-hybridized carbons (Fsp3) is 0.286. The Morgan fingerprint density at radius 1 is 0.612 bits per heavy atom. The molecule has 0 aliphatic carbocycles. The van der Waals surface area contributed by atoms with Crippen LogP contribution in [0.1, 0.15) is 76.8 Å². The van der Waals surface area contributed by atoms with Crippen LogP contribution >= 0.6 is 22.6 Å². The largest absolute Gasteiger partial charge is 0.342 e. The van der Waals surface area contributed by atoms with Crippen LogP contribution in [0.25, 0.3) is 21.8 Å². The van der Waals surface area contributed by atoms with Crippen molar-refractivity contribution in [3.8, 4) is 0 Å². The molecule has 0 saturated heterocycles. The second-order valence-electron chi connectivity index (χ2n) is 12.3. The number of ether oxygens (including phenoxy) is 4. The Balaban J connectivity index is 0.000000158. The van der Waals surface area contributed by atoms with Crippen molar-refractivity contribution in [2.24, 2.45) is 0 Å². The number of halogens is 1. The minimum Gasteiger partial charge on any atom is -0.342 e. The fourth-order valence-electron chi connectivity index (χ4n) is 6.11. The molecular weight excluding hydrogens is 723 g/mol. The standard InChI is InChI=1S/C21H21NO2.C19H17NO2.C2H5I/c1-3-15-8-14(2)9-16(10-15)12-23-21-20-18(13-24-21)11-17-6-4-5-7-19(17)22-20;1-13-5-4-6-14(9-13)11-21-19-18-16(12-22-19)10-15-7-2-3-8-17(15)20-18;1-2-3/h4-11,21H,3,12-13H2,1-2H3;2-10,19H,11-12H2,1H3;2H2,1H3. The summed E-state index contributed by atoms with van der Waals surface area (Å²) < 4.78 is 24.8. The van der Waals surface area contributed by atoms with Crippen LogP contribution in [0, 0.1) is 13.8 Å². The molecule has 7 heteroatoms. The van der Waals surface area contributed by atoms with Gasteiger partial charge < -0.3 is 18.9 Å². The average Bonchev–Trinajstić information content (AvgIpc) is 3.70. The Morgan fingerprint density at radius 2 is 1.12 bits per heavy atom. The van der Waals surface area contributed by atoms with Crippen LogP contribution in [0.15, 0.2) is 103 Å². The number of pyridine rings is 2. The van der Waals surface area contributed by atoms with Gasteiger partial charge in [-0.3, -0.25) is 0 Å². The molecule has 0 saturated carbocycles. The molecule has 8 rings (SSSR count). The first-order valence-corrected chi connectivity index (χ1v) is 18.4. The highest BCUT2D eigenvalue weighted by Crippen LogP contribution is 2.34. The summed E-state index contributed by atoms with van der Waals surface area (Å²) in [5.74, 6) is 0. The summed E-state index contributed by atoms with van der Waals surface area (Å²) in [4.78, 5) is 9.47. The normalized spacial score (nSPS) is 16.0. The van der Waals surface area contributed by atoms with E-state index >= 15 is 0 Å². The highest BCUT2D eigenvalue weighted by molar-refractivity contribution is 14.1. The van der Waals surface area contributed by atoms with E-state index < -0.39 is 0 Å². The van der Waals surface area contributed by atoms with Gasteiger partial charge in [-0.05, 0) is 65.7 Å². The number of nitrogens with zero attached hydrogens (tertiary/aromatic N) is 2. The van der Waals surface area contributed by atoms with Gasteiger partial charge >= 0.3 is 0 Å². The molecule has 2 aliphatic rings. The third kappa shape index (κ3) is 8.90. The highest BCUT2D eigenvalue weighted by Gasteiger charge is 2.27. The van der Waals surface area contributed by atoms with Gasteiger partial charge in [-0.1, -0.05) is 126 Å². The number of fused-ring (bicyclic) bond motifs is 4. The Hall–Kier alpha value is -3.73. The summed E-state index contributed by atoms with van der Waals surface area (Å²) in [7, 11) is 0. The van der Waals surface area contributed by atoms with Crippen molar-refractivity contribution in [2.75, 3.05) is 4.43 Å². The molecule has 2 aliphatic heterocycles. The van der Waals surface area contributed by atoms with Gasteiger partial charge in [0.1, 0.15) is 11.4 Å². The van der Waals surface area contributed by atoms with E-state index in [1.807, 2.05) is 42.5 Å². The quantitative estimate of drug-likeness (QED) is 0.119. The molecular formula is C42H43IN2O4. The van der Waals surface area contributed by atoms with Crippen molar-refractivity contribution in [1.29, 1.82) is 0 Å². The lowest BCUT2D eigenvalue weighted by Gasteiger charge is -2.13. The molecule has 252 valence electrons. The molecule has 4 aromatic carbocycles. The SMILES string of the molecule is CCI.CCc1cc(C)cc(COC2OCc3cc4ccccc4nc32)c1.Cc1cccc(COC2OCc3cc4ccccc4nc32)c1. The minimum absolute atomic E-state index is 0.375. The smallest absolute Gasteiger partial charge is 0.202 e. The van der Waals surface area contributed by atoms with E-state index in [2.05, 4.69) is 111 Å². The third-order valence-corrected chi connectivity index (χ3v) is 8.39. The second-order valence-corrected chi connectivity index (χ2v) is 13.8. The topological polar surface area (TPSA) is 62.7 Å². The lowest BCUT2D eigenvalue weighted by atomic mass is 10.1. The number of aromatic nitrogens is 2. The summed E-state index contributed by atoms with van der Waals surface area (Å²) >= 11 is 2.29. The maximum atomic E-state index is 6.03. The van der Waals surface area contributed by atoms with Crippen molar-refractivity contribution in [2.45, 2.75) is 73.1 Å². The second kappa shape index (κ2) is 16.8. The molecule has 2 aromatic heterocycles. The zero-order valence-corrected chi connectivity index (χ0v) is 30.8. The molecule has 0 fully saturated rings. The van der Waals surface area contributed by atoms with E-state index in [0.29, 0.717) is 26.4 Å². The highest BCUT2D eigenvalue weighted by atomic mass is 127. The van der Waals surface area contributed by atoms with Crippen LogP contribution in [-0.4, -0.2) is 14.4 Å². The van der Waals surface area contributed by atoms with Gasteiger partial charge in [0.25, 0.3) is 0 Å². The molecule has 0 amide bonds. The summed E-state index contributed by atoms with van der Waals surface area (Å²) in [6, 6.07) is 35.5. The summed E-state index contributed by atoms with van der Waals surface area (Å²) in [6.45, 7) is 10.7. The lowest BCUT2D eigenvalue weighted by Crippen LogP contribution is -2.05. The molecule has 0 bridgehead atoms. The van der Waals surface area contributed by atoms with Crippen LogP contribution in [0.5, 0.6) is 0 Å². The van der Waals surface area contributed by atoms with Crippen LogP contribution in [-0.2, 0) is 51.8 Å². The average molecular weight is 767 g/mol. The Kier molecular flexibility index (Phi) is 12.0. The first-order chi connectivity index (χ1) is 23.9. The zero-order valence-electron chi connectivity index (χ0n) is 28.6. The minimum atomic E-state index is -0.379. The molecule has 2 unspecified atom stereocenters. The van der Waals surface area contributed by atoms with Crippen LogP contribution in [0.2, 0.25) is 0 Å². The van der Waals surface area contributed by atoms with Gasteiger partial charge in [-0.2, -0.15) is 0 Å². The van der Waals surface area contributed by atoms with Crippen molar-refractivity contribution in [3.05, 3.63) is 153 Å². The number of rotatable bonds is 7. The van der Waals surface area contributed by atoms with Crippen molar-refractivity contribution in [3.63, 3.8) is 0 Å². The molecule has 2 atom stereocenters. The number of hydrogen-bond donors (Lipinski definition) is 0. The lowest BCUT2D eigenvalue weighted by molar-refractivity contribution is -0.147. The zero-order chi connectivity index (χ0) is 34.2. The fourth-order valence-corrected chi connectivity index (χ4v) is 6.11. The molecule has 0 radical (unpaired) electrons. The molecule has 6 nitrogen and oxygen atoms in total. The van der Waals surface area contributed by atoms with Gasteiger partial charge in [0.15, 0.2) is 0 Å². The van der Waals surface area contributed by atoms with Gasteiger partial charge in [-0.25, -0.2) is 9.97 Å². The van der Waals surface area contributed by atoms with E-state index in [1.54, 1.807) is 0 Å². The molecule has 4 heterocycles. The van der Waals surface area contributed by atoms with E-state index in [4.69, 9.17) is 28.9 Å². The van der Waals surface area contributed by atoms with Crippen molar-refractivity contribution < 1.29 is 18.9 Å². The number of para-hydroxylation sites is 2. The summed E-state index contributed by atoms with van der Waals surface area (Å²) in [5, 5.41) is 2.29. The number of alkyl halides is 1. The van der Waals surface area contributed by atoms with Gasteiger partial charge in [0.05, 0.1) is 37.5 Å². The predicted molar refractivity (Wildman–Crippen MR) is 204 cm³/mol. The molecule has 0 N–H and O–H groups in total. The van der Waals surface area contributed by atoms with E-state index in [9.17, 15) is 0 Å². The third-order valence-electron chi connectivity index (χ3n) is 8.39. The van der Waals surface area contributed by atoms with Crippen molar-refractivity contribution in [1.82, 2.24) is 9.97 Å². The monoisotopic (exact) mass is 766 g/mol. The van der Waals surface area contributed by atoms with E-state index in [-0.39, 0.29) is 12.6 Å². The number of hydrogen-bond acceptors (Lipinski definition) is 6. The molecule has 6 aromatic rings. The predicted octanol–water partition coefficient (Wildman–Crippen LogP) is 10.6. The number of benzene rings is 4. The van der Waals surface area contributed by atoms with Crippen LogP contribution < -0.4 is 0 Å². The van der Waals surface area contributed by atoms with Gasteiger partial charge in [0.2, 0.25) is 12.6 Å². The van der Waals surface area contributed by atoms with Crippen molar-refractivity contribution >= 4 is 44.4 Å². The number of aryl methyl sites for hydroxylation is 3.